The number of hydrogen-bond donors (Lipinski definition) is 1. The molecule has 0 spiro atoms. The monoisotopic (exact) mass is 191 g/mol. The molecule has 0 aliphatic carbocycles. The van der Waals surface area contributed by atoms with Crippen molar-refractivity contribution in [2.24, 2.45) is 4.99 Å². The fourth-order valence-corrected chi connectivity index (χ4v) is 1.09. The van der Waals surface area contributed by atoms with Crippen LogP contribution in [0.1, 0.15) is 29.8 Å². The van der Waals surface area contributed by atoms with Gasteiger partial charge in [-0.25, -0.2) is 4.99 Å². The number of aromatic hydroxyl groups is 1. The van der Waals surface area contributed by atoms with Crippen molar-refractivity contribution in [2.75, 3.05) is 0 Å². The summed E-state index contributed by atoms with van der Waals surface area (Å²) < 4.78 is 0. The summed E-state index contributed by atoms with van der Waals surface area (Å²) >= 11 is 0. The Balaban J connectivity index is 3.14. The minimum atomic E-state index is -0.397. The number of carbonyl (C=O) groups is 1. The van der Waals surface area contributed by atoms with E-state index in [1.165, 1.54) is 0 Å². The number of phenols is 1. The Hall–Kier alpha value is -1.64. The maximum absolute atomic E-state index is 11.5. The molecule has 0 saturated heterocycles. The maximum atomic E-state index is 11.5. The van der Waals surface area contributed by atoms with Crippen molar-refractivity contribution in [1.29, 1.82) is 0 Å². The van der Waals surface area contributed by atoms with Crippen molar-refractivity contribution in [3.05, 3.63) is 29.3 Å². The molecular formula is C11H13NO2. The third kappa shape index (κ3) is 2.19. The standard InChI is InChI=1S/C11H13NO2/c1-7(2)12-11(14)9-6-4-5-8(3)10(9)13/h4-6,13H,1-3H3. The van der Waals surface area contributed by atoms with Crippen LogP contribution in [0.2, 0.25) is 0 Å². The molecule has 1 aromatic carbocycles. The van der Waals surface area contributed by atoms with Crippen LogP contribution >= 0.6 is 0 Å². The highest BCUT2D eigenvalue weighted by Gasteiger charge is 2.10. The van der Waals surface area contributed by atoms with Crippen LogP contribution < -0.4 is 0 Å². The fraction of sp³-hybridized carbons (Fsp3) is 0.273. The van der Waals surface area contributed by atoms with Gasteiger partial charge in [-0.2, -0.15) is 0 Å². The van der Waals surface area contributed by atoms with Gasteiger partial charge >= 0.3 is 0 Å². The highest BCUT2D eigenvalue weighted by Crippen LogP contribution is 2.21. The minimum Gasteiger partial charge on any atom is -0.507 e. The Morgan fingerprint density at radius 2 is 2.00 bits per heavy atom. The van der Waals surface area contributed by atoms with Crippen molar-refractivity contribution < 1.29 is 9.90 Å². The topological polar surface area (TPSA) is 49.7 Å². The number of amides is 1. The molecule has 0 aliphatic heterocycles. The van der Waals surface area contributed by atoms with Crippen LogP contribution in [0.25, 0.3) is 0 Å². The van der Waals surface area contributed by atoms with E-state index in [0.717, 1.165) is 0 Å². The van der Waals surface area contributed by atoms with Crippen LogP contribution in [0.15, 0.2) is 23.2 Å². The first-order valence-corrected chi connectivity index (χ1v) is 4.37. The van der Waals surface area contributed by atoms with Crippen molar-refractivity contribution in [1.82, 2.24) is 0 Å². The molecule has 0 unspecified atom stereocenters. The number of hydrogen-bond acceptors (Lipinski definition) is 2. The molecule has 0 saturated carbocycles. The first kappa shape index (κ1) is 10.4. The van der Waals surface area contributed by atoms with Gasteiger partial charge in [0.05, 0.1) is 5.56 Å². The number of rotatable bonds is 1. The molecule has 0 heterocycles. The van der Waals surface area contributed by atoms with Gasteiger partial charge in [-0.1, -0.05) is 12.1 Å². The molecule has 1 aromatic rings. The summed E-state index contributed by atoms with van der Waals surface area (Å²) in [4.78, 5) is 15.2. The van der Waals surface area contributed by atoms with E-state index < -0.39 is 5.91 Å². The lowest BCUT2D eigenvalue weighted by Crippen LogP contribution is -1.99. The predicted molar refractivity (Wildman–Crippen MR) is 56.0 cm³/mol. The SMILES string of the molecule is CC(C)=NC(=O)c1cccc(C)c1O. The van der Waals surface area contributed by atoms with Crippen molar-refractivity contribution >= 4 is 11.6 Å². The molecule has 3 heteroatoms. The second-order valence-corrected chi connectivity index (χ2v) is 3.34. The quantitative estimate of drug-likeness (QED) is 0.692. The predicted octanol–water partition coefficient (Wildman–Crippen LogP) is 2.32. The highest BCUT2D eigenvalue weighted by atomic mass is 16.3. The Kier molecular flexibility index (Phi) is 3.02. The number of para-hydroxylation sites is 1. The molecule has 14 heavy (non-hydrogen) atoms. The lowest BCUT2D eigenvalue weighted by molar-refractivity contribution is 0.1000. The van der Waals surface area contributed by atoms with Crippen molar-refractivity contribution in [2.45, 2.75) is 20.8 Å². The number of carbonyl (C=O) groups excluding carboxylic acids is 1. The smallest absolute Gasteiger partial charge is 0.280 e. The zero-order chi connectivity index (χ0) is 10.7. The highest BCUT2D eigenvalue weighted by molar-refractivity contribution is 6.04. The summed E-state index contributed by atoms with van der Waals surface area (Å²) in [5.74, 6) is -0.381. The number of phenolic OH excluding ortho intramolecular Hbond substituents is 1. The Labute approximate surface area is 83.1 Å². The first-order chi connectivity index (χ1) is 6.52. The molecule has 0 bridgehead atoms. The van der Waals surface area contributed by atoms with Gasteiger partial charge in [-0.05, 0) is 32.4 Å². The molecule has 0 fully saturated rings. The summed E-state index contributed by atoms with van der Waals surface area (Å²) in [5, 5.41) is 9.59. The Morgan fingerprint density at radius 3 is 2.57 bits per heavy atom. The third-order valence-corrected chi connectivity index (χ3v) is 1.79. The summed E-state index contributed by atoms with van der Waals surface area (Å²) in [5.41, 5.74) is 1.61. The van der Waals surface area contributed by atoms with E-state index in [0.29, 0.717) is 11.3 Å². The van der Waals surface area contributed by atoms with E-state index >= 15 is 0 Å². The van der Waals surface area contributed by atoms with Crippen molar-refractivity contribution in [3.63, 3.8) is 0 Å². The lowest BCUT2D eigenvalue weighted by atomic mass is 10.1. The molecule has 1 amide bonds. The van der Waals surface area contributed by atoms with Crippen LogP contribution in [0.4, 0.5) is 0 Å². The first-order valence-electron chi connectivity index (χ1n) is 4.37. The van der Waals surface area contributed by atoms with E-state index in [-0.39, 0.29) is 11.3 Å². The molecule has 0 radical (unpaired) electrons. The van der Waals surface area contributed by atoms with Gasteiger partial charge in [-0.15, -0.1) is 0 Å². The molecular weight excluding hydrogens is 178 g/mol. The second-order valence-electron chi connectivity index (χ2n) is 3.34. The summed E-state index contributed by atoms with van der Waals surface area (Å²) in [7, 11) is 0. The van der Waals surface area contributed by atoms with Gasteiger partial charge in [0.25, 0.3) is 5.91 Å². The van der Waals surface area contributed by atoms with Crippen LogP contribution in [-0.2, 0) is 0 Å². The van der Waals surface area contributed by atoms with Crippen LogP contribution in [-0.4, -0.2) is 16.7 Å². The molecule has 0 atom stereocenters. The molecule has 1 N–H and O–H groups in total. The molecule has 74 valence electrons. The molecule has 0 aliphatic rings. The van der Waals surface area contributed by atoms with Crippen molar-refractivity contribution in [3.8, 4) is 5.75 Å². The zero-order valence-electron chi connectivity index (χ0n) is 8.53. The van der Waals surface area contributed by atoms with Gasteiger partial charge in [-0.3, -0.25) is 4.79 Å². The van der Waals surface area contributed by atoms with Gasteiger partial charge in [0.1, 0.15) is 5.75 Å². The van der Waals surface area contributed by atoms with E-state index in [1.807, 2.05) is 0 Å². The van der Waals surface area contributed by atoms with E-state index in [9.17, 15) is 9.90 Å². The van der Waals surface area contributed by atoms with Crippen LogP contribution in [0, 0.1) is 6.92 Å². The largest absolute Gasteiger partial charge is 0.507 e. The Morgan fingerprint density at radius 1 is 1.36 bits per heavy atom. The number of aryl methyl sites for hydroxylation is 1. The maximum Gasteiger partial charge on any atom is 0.280 e. The average molecular weight is 191 g/mol. The second kappa shape index (κ2) is 4.05. The average Bonchev–Trinajstić information content (AvgIpc) is 2.08. The van der Waals surface area contributed by atoms with E-state index in [1.54, 1.807) is 39.0 Å². The molecule has 1 rings (SSSR count). The lowest BCUT2D eigenvalue weighted by Gasteiger charge is -2.02. The number of aliphatic imine (C=N–C) groups is 1. The molecule has 3 nitrogen and oxygen atoms in total. The minimum absolute atomic E-state index is 0.0162. The van der Waals surface area contributed by atoms with Gasteiger partial charge in [0, 0.05) is 5.71 Å². The zero-order valence-corrected chi connectivity index (χ0v) is 8.53. The van der Waals surface area contributed by atoms with Gasteiger partial charge < -0.3 is 5.11 Å². The van der Waals surface area contributed by atoms with Crippen LogP contribution in [0.3, 0.4) is 0 Å². The fourth-order valence-electron chi connectivity index (χ4n) is 1.09. The van der Waals surface area contributed by atoms with Gasteiger partial charge in [0.15, 0.2) is 0 Å². The number of benzene rings is 1. The number of nitrogens with zero attached hydrogens (tertiary/aromatic N) is 1. The van der Waals surface area contributed by atoms with Crippen LogP contribution in [0.5, 0.6) is 5.75 Å². The molecule has 0 aromatic heterocycles. The van der Waals surface area contributed by atoms with E-state index in [2.05, 4.69) is 4.99 Å². The summed E-state index contributed by atoms with van der Waals surface area (Å²) in [6.07, 6.45) is 0. The Bertz CT molecular complexity index is 390. The van der Waals surface area contributed by atoms with Gasteiger partial charge in [0.2, 0.25) is 0 Å². The summed E-state index contributed by atoms with van der Waals surface area (Å²) in [6, 6.07) is 5.04. The summed E-state index contributed by atoms with van der Waals surface area (Å²) in [6.45, 7) is 5.23. The van der Waals surface area contributed by atoms with E-state index in [4.69, 9.17) is 0 Å². The normalized spacial score (nSPS) is 9.64. The third-order valence-electron chi connectivity index (χ3n) is 1.79.